The van der Waals surface area contributed by atoms with E-state index in [1.54, 1.807) is 12.1 Å². The fraction of sp³-hybridized carbons (Fsp3) is 0.611. The number of rotatable bonds is 4. The van der Waals surface area contributed by atoms with E-state index in [0.29, 0.717) is 12.5 Å². The van der Waals surface area contributed by atoms with E-state index in [-0.39, 0.29) is 11.7 Å². The van der Waals surface area contributed by atoms with Crippen molar-refractivity contribution in [3.8, 4) is 5.75 Å². The maximum Gasteiger partial charge on any atom is 0.573 e. The molecule has 2 fully saturated rings. The second kappa shape index (κ2) is 8.52. The molecule has 1 aromatic carbocycles. The van der Waals surface area contributed by atoms with Crippen molar-refractivity contribution in [2.75, 3.05) is 37.7 Å². The van der Waals surface area contributed by atoms with E-state index in [1.165, 1.54) is 12.1 Å². The first-order valence-electron chi connectivity index (χ1n) is 8.84. The van der Waals surface area contributed by atoms with Gasteiger partial charge in [-0.05, 0) is 43.6 Å². The van der Waals surface area contributed by atoms with Gasteiger partial charge in [-0.3, -0.25) is 9.69 Å². The van der Waals surface area contributed by atoms with Crippen LogP contribution in [0.5, 0.6) is 5.75 Å². The first-order chi connectivity index (χ1) is 12.4. The zero-order valence-electron chi connectivity index (χ0n) is 14.5. The molecule has 0 spiro atoms. The topological polar surface area (TPSA) is 32.8 Å². The van der Waals surface area contributed by atoms with Crippen LogP contribution in [0.15, 0.2) is 24.3 Å². The van der Waals surface area contributed by atoms with Gasteiger partial charge in [-0.2, -0.15) is 11.8 Å². The van der Waals surface area contributed by atoms with Gasteiger partial charge >= 0.3 is 6.36 Å². The Kier molecular flexibility index (Phi) is 6.34. The molecule has 0 radical (unpaired) electrons. The third-order valence-electron chi connectivity index (χ3n) is 4.82. The van der Waals surface area contributed by atoms with E-state index >= 15 is 0 Å². The molecule has 2 saturated heterocycles. The number of piperidine rings is 1. The first-order valence-corrected chi connectivity index (χ1v) is 10.00. The quantitative estimate of drug-likeness (QED) is 0.792. The molecule has 4 nitrogen and oxygen atoms in total. The molecule has 2 heterocycles. The lowest BCUT2D eigenvalue weighted by atomic mass is 9.95. The average Bonchev–Trinajstić information content (AvgIpc) is 2.63. The number of carbonyl (C=O) groups is 1. The van der Waals surface area contributed by atoms with E-state index in [4.69, 9.17) is 0 Å². The van der Waals surface area contributed by atoms with Crippen molar-refractivity contribution in [1.29, 1.82) is 0 Å². The molecule has 0 aliphatic carbocycles. The van der Waals surface area contributed by atoms with Crippen LogP contribution in [0, 0.1) is 5.92 Å². The number of nitrogens with zero attached hydrogens (tertiary/aromatic N) is 2. The Morgan fingerprint density at radius 2 is 1.69 bits per heavy atom. The summed E-state index contributed by atoms with van der Waals surface area (Å²) in [4.78, 5) is 16.8. The lowest BCUT2D eigenvalue weighted by Crippen LogP contribution is -2.45. The zero-order chi connectivity index (χ0) is 18.6. The molecule has 1 amide bonds. The van der Waals surface area contributed by atoms with Crippen LogP contribution in [0.2, 0.25) is 0 Å². The molecule has 0 saturated carbocycles. The molecule has 0 aromatic heterocycles. The van der Waals surface area contributed by atoms with Gasteiger partial charge in [-0.15, -0.1) is 13.2 Å². The predicted octanol–water partition coefficient (Wildman–Crippen LogP) is 3.37. The number of hydrogen-bond acceptors (Lipinski definition) is 4. The standard InChI is InChI=1S/C18H23F3N2O2S/c19-18(20,21)25-16-3-1-14(2-4-16)13-22-7-5-15(6-8-22)17(24)23-9-11-26-12-10-23/h1-4,15H,5-13H2. The number of alkyl halides is 3. The van der Waals surface area contributed by atoms with Gasteiger partial charge in [0.2, 0.25) is 5.91 Å². The van der Waals surface area contributed by atoms with Gasteiger partial charge in [0, 0.05) is 37.1 Å². The summed E-state index contributed by atoms with van der Waals surface area (Å²) < 4.78 is 40.5. The Morgan fingerprint density at radius 3 is 2.27 bits per heavy atom. The summed E-state index contributed by atoms with van der Waals surface area (Å²) in [5, 5.41) is 0. The number of carbonyl (C=O) groups excluding carboxylic acids is 1. The van der Waals surface area contributed by atoms with Crippen molar-refractivity contribution < 1.29 is 22.7 Å². The van der Waals surface area contributed by atoms with E-state index in [1.807, 2.05) is 16.7 Å². The van der Waals surface area contributed by atoms with Crippen molar-refractivity contribution in [2.45, 2.75) is 25.7 Å². The Labute approximate surface area is 155 Å². The molecule has 0 unspecified atom stereocenters. The van der Waals surface area contributed by atoms with Gasteiger partial charge in [-0.25, -0.2) is 0 Å². The lowest BCUT2D eigenvalue weighted by molar-refractivity contribution is -0.274. The number of thioether (sulfide) groups is 1. The highest BCUT2D eigenvalue weighted by atomic mass is 32.2. The molecular formula is C18H23F3N2O2S. The minimum absolute atomic E-state index is 0.108. The molecule has 0 atom stereocenters. The highest BCUT2D eigenvalue weighted by Gasteiger charge is 2.31. The highest BCUT2D eigenvalue weighted by molar-refractivity contribution is 7.99. The molecule has 0 bridgehead atoms. The van der Waals surface area contributed by atoms with Crippen molar-refractivity contribution in [3.63, 3.8) is 0 Å². The number of likely N-dealkylation sites (tertiary alicyclic amines) is 1. The Bertz CT molecular complexity index is 595. The summed E-state index contributed by atoms with van der Waals surface area (Å²) >= 11 is 1.89. The number of hydrogen-bond donors (Lipinski definition) is 0. The van der Waals surface area contributed by atoms with Gasteiger partial charge in [0.25, 0.3) is 0 Å². The number of amides is 1. The molecule has 0 N–H and O–H groups in total. The normalized spacial score (nSPS) is 20.2. The predicted molar refractivity (Wildman–Crippen MR) is 95.0 cm³/mol. The van der Waals surface area contributed by atoms with Crippen LogP contribution >= 0.6 is 11.8 Å². The summed E-state index contributed by atoms with van der Waals surface area (Å²) in [6.45, 7) is 4.05. The van der Waals surface area contributed by atoms with E-state index in [9.17, 15) is 18.0 Å². The molecule has 2 aliphatic heterocycles. The van der Waals surface area contributed by atoms with Crippen molar-refractivity contribution >= 4 is 17.7 Å². The van der Waals surface area contributed by atoms with Crippen LogP contribution in [0.4, 0.5) is 13.2 Å². The maximum absolute atomic E-state index is 12.6. The van der Waals surface area contributed by atoms with Crippen LogP contribution in [-0.2, 0) is 11.3 Å². The number of halogens is 3. The van der Waals surface area contributed by atoms with Crippen LogP contribution in [-0.4, -0.2) is 59.8 Å². The average molecular weight is 388 g/mol. The van der Waals surface area contributed by atoms with Crippen LogP contribution in [0.3, 0.4) is 0 Å². The summed E-state index contributed by atoms with van der Waals surface area (Å²) in [7, 11) is 0. The van der Waals surface area contributed by atoms with Gasteiger partial charge in [-0.1, -0.05) is 12.1 Å². The van der Waals surface area contributed by atoms with Crippen molar-refractivity contribution in [2.24, 2.45) is 5.92 Å². The van der Waals surface area contributed by atoms with Crippen molar-refractivity contribution in [1.82, 2.24) is 9.80 Å². The fourth-order valence-corrected chi connectivity index (χ4v) is 4.34. The third kappa shape index (κ3) is 5.54. The summed E-state index contributed by atoms with van der Waals surface area (Å²) in [6.07, 6.45) is -2.97. The van der Waals surface area contributed by atoms with Gasteiger partial charge < -0.3 is 9.64 Å². The largest absolute Gasteiger partial charge is 0.573 e. The smallest absolute Gasteiger partial charge is 0.406 e. The van der Waals surface area contributed by atoms with Gasteiger partial charge in [0.15, 0.2) is 0 Å². The fourth-order valence-electron chi connectivity index (χ4n) is 3.43. The summed E-state index contributed by atoms with van der Waals surface area (Å²) in [5.41, 5.74) is 0.942. The minimum Gasteiger partial charge on any atom is -0.406 e. The van der Waals surface area contributed by atoms with E-state index in [0.717, 1.165) is 56.1 Å². The van der Waals surface area contributed by atoms with Crippen LogP contribution in [0.1, 0.15) is 18.4 Å². The Hall–Kier alpha value is -1.41. The van der Waals surface area contributed by atoms with E-state index < -0.39 is 6.36 Å². The second-order valence-electron chi connectivity index (χ2n) is 6.68. The highest BCUT2D eigenvalue weighted by Crippen LogP contribution is 2.25. The molecule has 26 heavy (non-hydrogen) atoms. The van der Waals surface area contributed by atoms with E-state index in [2.05, 4.69) is 9.64 Å². The Balaban J connectivity index is 1.45. The molecule has 2 aliphatic rings. The SMILES string of the molecule is O=C(C1CCN(Cc2ccc(OC(F)(F)F)cc2)CC1)N1CCSCC1. The summed E-state index contributed by atoms with van der Waals surface area (Å²) in [5.74, 6) is 2.25. The van der Waals surface area contributed by atoms with Gasteiger partial charge in [0.05, 0.1) is 0 Å². The number of ether oxygens (including phenoxy) is 1. The summed E-state index contributed by atoms with van der Waals surface area (Å²) in [6, 6.07) is 5.99. The first kappa shape index (κ1) is 19.4. The van der Waals surface area contributed by atoms with Crippen molar-refractivity contribution in [3.05, 3.63) is 29.8 Å². The lowest BCUT2D eigenvalue weighted by Gasteiger charge is -2.35. The Morgan fingerprint density at radius 1 is 1.08 bits per heavy atom. The van der Waals surface area contributed by atoms with Crippen LogP contribution < -0.4 is 4.74 Å². The maximum atomic E-state index is 12.6. The van der Waals surface area contributed by atoms with Gasteiger partial charge in [0.1, 0.15) is 5.75 Å². The van der Waals surface area contributed by atoms with Crippen LogP contribution in [0.25, 0.3) is 0 Å². The third-order valence-corrected chi connectivity index (χ3v) is 5.77. The monoisotopic (exact) mass is 388 g/mol. The zero-order valence-corrected chi connectivity index (χ0v) is 15.3. The number of benzene rings is 1. The molecule has 8 heteroatoms. The minimum atomic E-state index is -4.66. The molecular weight excluding hydrogens is 365 g/mol. The molecule has 1 aromatic rings. The molecule has 144 valence electrons. The molecule has 3 rings (SSSR count). The second-order valence-corrected chi connectivity index (χ2v) is 7.90.